The molecule has 1 aliphatic rings. The van der Waals surface area contributed by atoms with Gasteiger partial charge in [0.25, 0.3) is 0 Å². The molecule has 3 aromatic rings. The van der Waals surface area contributed by atoms with Crippen LogP contribution in [-0.2, 0) is 6.42 Å². The first-order chi connectivity index (χ1) is 15.3. The SMILES string of the molecule is CCCCc1c(/C=C/C=C2\C=Cc3ccccc3N2CCCC)ccc2ccccc12. The summed E-state index contributed by atoms with van der Waals surface area (Å²) in [7, 11) is 0. The second-order valence-electron chi connectivity index (χ2n) is 8.31. The second kappa shape index (κ2) is 10.3. The molecule has 0 fully saturated rings. The molecular formula is C30H33N. The number of fused-ring (bicyclic) bond motifs is 2. The average Bonchev–Trinajstić information content (AvgIpc) is 2.82. The number of para-hydroxylation sites is 1. The van der Waals surface area contributed by atoms with Crippen LogP contribution in [0.4, 0.5) is 5.69 Å². The highest BCUT2D eigenvalue weighted by atomic mass is 15.1. The summed E-state index contributed by atoms with van der Waals surface area (Å²) < 4.78 is 0. The molecular weight excluding hydrogens is 374 g/mol. The monoisotopic (exact) mass is 407 g/mol. The fourth-order valence-corrected chi connectivity index (χ4v) is 4.38. The van der Waals surface area contributed by atoms with Crippen molar-refractivity contribution in [2.45, 2.75) is 46.0 Å². The van der Waals surface area contributed by atoms with Crippen LogP contribution in [0.3, 0.4) is 0 Å². The van der Waals surface area contributed by atoms with E-state index in [1.54, 1.807) is 0 Å². The minimum atomic E-state index is 1.05. The Bertz CT molecular complexity index is 1120. The number of rotatable bonds is 8. The van der Waals surface area contributed by atoms with E-state index in [1.165, 1.54) is 64.5 Å². The zero-order chi connectivity index (χ0) is 21.5. The Labute approximate surface area is 187 Å². The zero-order valence-electron chi connectivity index (χ0n) is 18.9. The van der Waals surface area contributed by atoms with Gasteiger partial charge in [0.2, 0.25) is 0 Å². The van der Waals surface area contributed by atoms with E-state index in [0.717, 1.165) is 13.0 Å². The van der Waals surface area contributed by atoms with Crippen molar-refractivity contribution in [3.05, 3.63) is 101 Å². The maximum Gasteiger partial charge on any atom is 0.0484 e. The summed E-state index contributed by atoms with van der Waals surface area (Å²) in [5, 5.41) is 2.73. The van der Waals surface area contributed by atoms with Crippen molar-refractivity contribution in [3.63, 3.8) is 0 Å². The maximum absolute atomic E-state index is 2.46. The summed E-state index contributed by atoms with van der Waals surface area (Å²) in [5.41, 5.74) is 6.69. The van der Waals surface area contributed by atoms with Gasteiger partial charge in [0.1, 0.15) is 0 Å². The molecule has 0 radical (unpaired) electrons. The molecule has 0 saturated heterocycles. The van der Waals surface area contributed by atoms with Crippen LogP contribution in [0.5, 0.6) is 0 Å². The van der Waals surface area contributed by atoms with Crippen LogP contribution < -0.4 is 4.90 Å². The summed E-state index contributed by atoms with van der Waals surface area (Å²) in [6.45, 7) is 5.57. The van der Waals surface area contributed by atoms with Crippen LogP contribution in [0.25, 0.3) is 22.9 Å². The highest BCUT2D eigenvalue weighted by molar-refractivity contribution is 5.89. The molecule has 0 spiro atoms. The van der Waals surface area contributed by atoms with Crippen LogP contribution in [0, 0.1) is 0 Å². The Hall–Kier alpha value is -3.06. The van der Waals surface area contributed by atoms with Crippen LogP contribution in [0.15, 0.2) is 84.6 Å². The van der Waals surface area contributed by atoms with Gasteiger partial charge in [-0.1, -0.05) is 99.5 Å². The highest BCUT2D eigenvalue weighted by Gasteiger charge is 2.15. The van der Waals surface area contributed by atoms with Gasteiger partial charge in [0, 0.05) is 17.9 Å². The van der Waals surface area contributed by atoms with Gasteiger partial charge >= 0.3 is 0 Å². The minimum Gasteiger partial charge on any atom is -0.341 e. The first-order valence-electron chi connectivity index (χ1n) is 11.8. The van der Waals surface area contributed by atoms with Gasteiger partial charge in [0.15, 0.2) is 0 Å². The molecule has 158 valence electrons. The fraction of sp³-hybridized carbons (Fsp3) is 0.267. The average molecular weight is 408 g/mol. The number of anilines is 1. The summed E-state index contributed by atoms with van der Waals surface area (Å²) in [6.07, 6.45) is 17.2. The fourth-order valence-electron chi connectivity index (χ4n) is 4.38. The summed E-state index contributed by atoms with van der Waals surface area (Å²) >= 11 is 0. The molecule has 0 aliphatic carbocycles. The largest absolute Gasteiger partial charge is 0.341 e. The van der Waals surface area contributed by atoms with Gasteiger partial charge in [-0.05, 0) is 64.9 Å². The Morgan fingerprint density at radius 1 is 0.806 bits per heavy atom. The van der Waals surface area contributed by atoms with E-state index in [2.05, 4.69) is 110 Å². The number of hydrogen-bond acceptors (Lipinski definition) is 1. The molecule has 1 heterocycles. The topological polar surface area (TPSA) is 3.24 Å². The Kier molecular flexibility index (Phi) is 7.04. The lowest BCUT2D eigenvalue weighted by molar-refractivity contribution is 0.770. The van der Waals surface area contributed by atoms with Crippen molar-refractivity contribution in [2.24, 2.45) is 0 Å². The van der Waals surface area contributed by atoms with Crippen molar-refractivity contribution in [1.29, 1.82) is 0 Å². The molecule has 1 heteroatoms. The summed E-state index contributed by atoms with van der Waals surface area (Å²) in [4.78, 5) is 2.46. The van der Waals surface area contributed by atoms with Gasteiger partial charge in [-0.3, -0.25) is 0 Å². The molecule has 0 atom stereocenters. The third-order valence-electron chi connectivity index (χ3n) is 6.11. The van der Waals surface area contributed by atoms with E-state index in [9.17, 15) is 0 Å². The number of unbranched alkanes of at least 4 members (excludes halogenated alkanes) is 2. The summed E-state index contributed by atoms with van der Waals surface area (Å²) in [5.74, 6) is 0. The zero-order valence-corrected chi connectivity index (χ0v) is 18.9. The molecule has 0 amide bonds. The molecule has 3 aromatic carbocycles. The van der Waals surface area contributed by atoms with Crippen molar-refractivity contribution >= 4 is 28.6 Å². The van der Waals surface area contributed by atoms with E-state index < -0.39 is 0 Å². The maximum atomic E-state index is 2.46. The van der Waals surface area contributed by atoms with Gasteiger partial charge < -0.3 is 4.90 Å². The predicted octanol–water partition coefficient (Wildman–Crippen LogP) is 8.41. The standard InChI is InChI=1S/C30H33N/c1-3-5-16-28-25(20-19-24-12-7-9-17-29(24)28)14-11-15-27-22-21-26-13-8-10-18-30(26)31(27)23-6-4-2/h7-15,17-22H,3-6,16,23H2,1-2H3/b14-11+,27-15+. The minimum absolute atomic E-state index is 1.05. The second-order valence-corrected chi connectivity index (χ2v) is 8.31. The number of benzene rings is 3. The number of allylic oxidation sites excluding steroid dienone is 3. The van der Waals surface area contributed by atoms with Crippen LogP contribution in [0.1, 0.15) is 56.2 Å². The van der Waals surface area contributed by atoms with E-state index in [0.29, 0.717) is 0 Å². The van der Waals surface area contributed by atoms with Crippen LogP contribution in [0.2, 0.25) is 0 Å². The molecule has 0 bridgehead atoms. The van der Waals surface area contributed by atoms with Crippen LogP contribution >= 0.6 is 0 Å². The smallest absolute Gasteiger partial charge is 0.0484 e. The molecule has 0 saturated carbocycles. The quantitative estimate of drug-likeness (QED) is 0.362. The van der Waals surface area contributed by atoms with Gasteiger partial charge in [-0.15, -0.1) is 0 Å². The number of nitrogens with zero attached hydrogens (tertiary/aromatic N) is 1. The Morgan fingerprint density at radius 3 is 2.48 bits per heavy atom. The van der Waals surface area contributed by atoms with Crippen molar-refractivity contribution in [2.75, 3.05) is 11.4 Å². The molecule has 0 aromatic heterocycles. The third kappa shape index (κ3) is 4.82. The molecule has 1 nitrogen and oxygen atoms in total. The highest BCUT2D eigenvalue weighted by Crippen LogP contribution is 2.31. The lowest BCUT2D eigenvalue weighted by Crippen LogP contribution is -2.25. The molecule has 1 aliphatic heterocycles. The van der Waals surface area contributed by atoms with E-state index in [1.807, 2.05) is 0 Å². The molecule has 31 heavy (non-hydrogen) atoms. The lowest BCUT2D eigenvalue weighted by atomic mass is 9.94. The normalized spacial score (nSPS) is 14.6. The molecule has 0 N–H and O–H groups in total. The predicted molar refractivity (Wildman–Crippen MR) is 137 cm³/mol. The first kappa shape index (κ1) is 21.2. The molecule has 0 unspecified atom stereocenters. The van der Waals surface area contributed by atoms with Crippen molar-refractivity contribution in [3.8, 4) is 0 Å². The van der Waals surface area contributed by atoms with Crippen molar-refractivity contribution in [1.82, 2.24) is 0 Å². The van der Waals surface area contributed by atoms with Gasteiger partial charge in [-0.2, -0.15) is 0 Å². The van der Waals surface area contributed by atoms with Crippen LogP contribution in [-0.4, -0.2) is 6.54 Å². The van der Waals surface area contributed by atoms with E-state index in [4.69, 9.17) is 0 Å². The lowest BCUT2D eigenvalue weighted by Gasteiger charge is -2.30. The van der Waals surface area contributed by atoms with Gasteiger partial charge in [-0.25, -0.2) is 0 Å². The number of hydrogen-bond donors (Lipinski definition) is 0. The van der Waals surface area contributed by atoms with E-state index >= 15 is 0 Å². The molecule has 4 rings (SSSR count). The van der Waals surface area contributed by atoms with E-state index in [-0.39, 0.29) is 0 Å². The van der Waals surface area contributed by atoms with Crippen molar-refractivity contribution < 1.29 is 0 Å². The van der Waals surface area contributed by atoms with Gasteiger partial charge in [0.05, 0.1) is 0 Å². The Morgan fingerprint density at radius 2 is 1.61 bits per heavy atom. The first-order valence-corrected chi connectivity index (χ1v) is 11.8. The Balaban J connectivity index is 1.66. The summed E-state index contributed by atoms with van der Waals surface area (Å²) in [6, 6.07) is 22.0. The third-order valence-corrected chi connectivity index (χ3v) is 6.11. The number of aryl methyl sites for hydroxylation is 1.